The van der Waals surface area contributed by atoms with Crippen LogP contribution in [0.1, 0.15) is 31.2 Å². The number of rotatable bonds is 7. The van der Waals surface area contributed by atoms with Crippen molar-refractivity contribution in [1.29, 1.82) is 0 Å². The van der Waals surface area contributed by atoms with E-state index in [2.05, 4.69) is 12.2 Å². The van der Waals surface area contributed by atoms with Crippen molar-refractivity contribution >= 4 is 11.7 Å². The topological polar surface area (TPSA) is 47.6 Å². The first-order valence-electron chi connectivity index (χ1n) is 6.90. The lowest BCUT2D eigenvalue weighted by atomic mass is 10.0. The number of para-hydroxylation sites is 1. The number of esters is 1. The van der Waals surface area contributed by atoms with Gasteiger partial charge in [-0.2, -0.15) is 0 Å². The lowest BCUT2D eigenvalue weighted by Gasteiger charge is -2.10. The minimum atomic E-state index is -0.188. The molecule has 0 saturated carbocycles. The fourth-order valence-corrected chi connectivity index (χ4v) is 2.14. The van der Waals surface area contributed by atoms with E-state index in [1.54, 1.807) is 0 Å². The summed E-state index contributed by atoms with van der Waals surface area (Å²) < 4.78 is 10.6. The Labute approximate surface area is 114 Å². The molecule has 4 nitrogen and oxygen atoms in total. The number of ether oxygens (including phenoxy) is 2. The van der Waals surface area contributed by atoms with Gasteiger partial charge in [0, 0.05) is 18.8 Å². The summed E-state index contributed by atoms with van der Waals surface area (Å²) in [6.07, 6.45) is 2.16. The van der Waals surface area contributed by atoms with Gasteiger partial charge in [-0.25, -0.2) is 0 Å². The molecule has 0 spiro atoms. The van der Waals surface area contributed by atoms with Crippen molar-refractivity contribution in [1.82, 2.24) is 0 Å². The molecular weight excluding hydrogens is 242 g/mol. The van der Waals surface area contributed by atoms with E-state index < -0.39 is 0 Å². The van der Waals surface area contributed by atoms with Crippen molar-refractivity contribution in [3.8, 4) is 0 Å². The normalized spacial score (nSPS) is 16.8. The second-order valence-corrected chi connectivity index (χ2v) is 4.65. The monoisotopic (exact) mass is 263 g/mol. The molecule has 1 aromatic rings. The largest absolute Gasteiger partial charge is 0.463 e. The SMILES string of the molecule is CCCCOCCOC(=O)C1CNc2ccccc21. The average molecular weight is 263 g/mol. The number of fused-ring (bicyclic) bond motifs is 1. The molecule has 0 saturated heterocycles. The predicted octanol–water partition coefficient (Wildman–Crippen LogP) is 2.56. The van der Waals surface area contributed by atoms with E-state index in [-0.39, 0.29) is 11.9 Å². The molecule has 0 amide bonds. The summed E-state index contributed by atoms with van der Waals surface area (Å²) in [6, 6.07) is 7.86. The van der Waals surface area contributed by atoms with Crippen LogP contribution >= 0.6 is 0 Å². The van der Waals surface area contributed by atoms with Crippen LogP contribution in [-0.2, 0) is 14.3 Å². The van der Waals surface area contributed by atoms with Gasteiger partial charge in [0.2, 0.25) is 0 Å². The van der Waals surface area contributed by atoms with Crippen molar-refractivity contribution < 1.29 is 14.3 Å². The van der Waals surface area contributed by atoms with Crippen molar-refractivity contribution in [3.63, 3.8) is 0 Å². The lowest BCUT2D eigenvalue weighted by Crippen LogP contribution is -2.20. The Morgan fingerprint density at radius 2 is 2.16 bits per heavy atom. The zero-order valence-electron chi connectivity index (χ0n) is 11.4. The second kappa shape index (κ2) is 7.14. The van der Waals surface area contributed by atoms with Crippen LogP contribution in [0.5, 0.6) is 0 Å². The van der Waals surface area contributed by atoms with E-state index >= 15 is 0 Å². The van der Waals surface area contributed by atoms with Crippen LogP contribution in [-0.4, -0.2) is 32.3 Å². The molecular formula is C15H21NO3. The Morgan fingerprint density at radius 3 is 3.00 bits per heavy atom. The smallest absolute Gasteiger partial charge is 0.315 e. The van der Waals surface area contributed by atoms with Gasteiger partial charge in [0.15, 0.2) is 0 Å². The first-order valence-corrected chi connectivity index (χ1v) is 6.90. The number of carbonyl (C=O) groups excluding carboxylic acids is 1. The van der Waals surface area contributed by atoms with Crippen molar-refractivity contribution in [2.24, 2.45) is 0 Å². The highest BCUT2D eigenvalue weighted by molar-refractivity contribution is 5.83. The Morgan fingerprint density at radius 1 is 1.32 bits per heavy atom. The van der Waals surface area contributed by atoms with Gasteiger partial charge >= 0.3 is 5.97 Å². The molecule has 0 radical (unpaired) electrons. The number of anilines is 1. The van der Waals surface area contributed by atoms with Crippen molar-refractivity contribution in [2.45, 2.75) is 25.7 Å². The highest BCUT2D eigenvalue weighted by Gasteiger charge is 2.29. The summed E-state index contributed by atoms with van der Waals surface area (Å²) in [6.45, 7) is 4.29. The minimum Gasteiger partial charge on any atom is -0.463 e. The highest BCUT2D eigenvalue weighted by Crippen LogP contribution is 2.31. The van der Waals surface area contributed by atoms with Crippen LogP contribution in [0.4, 0.5) is 5.69 Å². The Bertz CT molecular complexity index is 420. The molecule has 104 valence electrons. The summed E-state index contributed by atoms with van der Waals surface area (Å²) in [7, 11) is 0. The van der Waals surface area contributed by atoms with Gasteiger partial charge in [-0.05, 0) is 18.1 Å². The molecule has 1 N–H and O–H groups in total. The second-order valence-electron chi connectivity index (χ2n) is 4.65. The van der Waals surface area contributed by atoms with Crippen LogP contribution < -0.4 is 5.32 Å². The van der Waals surface area contributed by atoms with Gasteiger partial charge in [-0.15, -0.1) is 0 Å². The first-order chi connectivity index (χ1) is 9.33. The third kappa shape index (κ3) is 3.70. The lowest BCUT2D eigenvalue weighted by molar-refractivity contribution is -0.146. The van der Waals surface area contributed by atoms with E-state index in [0.29, 0.717) is 19.8 Å². The van der Waals surface area contributed by atoms with Gasteiger partial charge in [0.05, 0.1) is 6.61 Å². The first kappa shape index (κ1) is 13.9. The Balaban J connectivity index is 1.73. The van der Waals surface area contributed by atoms with Crippen LogP contribution in [0.2, 0.25) is 0 Å². The van der Waals surface area contributed by atoms with Crippen LogP contribution in [0.15, 0.2) is 24.3 Å². The number of benzene rings is 1. The molecule has 4 heteroatoms. The molecule has 1 aliphatic rings. The molecule has 1 atom stereocenters. The van der Waals surface area contributed by atoms with E-state index in [1.165, 1.54) is 0 Å². The summed E-state index contributed by atoms with van der Waals surface area (Å²) >= 11 is 0. The maximum atomic E-state index is 12.0. The zero-order valence-corrected chi connectivity index (χ0v) is 11.4. The van der Waals surface area contributed by atoms with Gasteiger partial charge in [-0.3, -0.25) is 4.79 Å². The molecule has 1 aliphatic heterocycles. The van der Waals surface area contributed by atoms with E-state index in [1.807, 2.05) is 24.3 Å². The van der Waals surface area contributed by atoms with Crippen LogP contribution in [0, 0.1) is 0 Å². The summed E-state index contributed by atoms with van der Waals surface area (Å²) in [5, 5.41) is 3.22. The highest BCUT2D eigenvalue weighted by atomic mass is 16.6. The predicted molar refractivity (Wildman–Crippen MR) is 74.4 cm³/mol. The quantitative estimate of drug-likeness (QED) is 0.606. The maximum Gasteiger partial charge on any atom is 0.315 e. The van der Waals surface area contributed by atoms with E-state index in [0.717, 1.165) is 30.7 Å². The maximum absolute atomic E-state index is 12.0. The van der Waals surface area contributed by atoms with E-state index in [9.17, 15) is 4.79 Å². The van der Waals surface area contributed by atoms with Crippen LogP contribution in [0.25, 0.3) is 0 Å². The van der Waals surface area contributed by atoms with Crippen molar-refractivity contribution in [2.75, 3.05) is 31.7 Å². The molecule has 19 heavy (non-hydrogen) atoms. The summed E-state index contributed by atoms with van der Waals surface area (Å²) in [5.41, 5.74) is 2.06. The molecule has 0 aromatic heterocycles. The fraction of sp³-hybridized carbons (Fsp3) is 0.533. The Kier molecular flexibility index (Phi) is 5.21. The van der Waals surface area contributed by atoms with Gasteiger partial charge in [0.1, 0.15) is 12.5 Å². The molecule has 0 fully saturated rings. The van der Waals surface area contributed by atoms with Gasteiger partial charge < -0.3 is 14.8 Å². The third-order valence-corrected chi connectivity index (χ3v) is 3.23. The fourth-order valence-electron chi connectivity index (χ4n) is 2.14. The van der Waals surface area contributed by atoms with Gasteiger partial charge in [0.25, 0.3) is 0 Å². The van der Waals surface area contributed by atoms with Gasteiger partial charge in [-0.1, -0.05) is 31.5 Å². The molecule has 1 aromatic carbocycles. The number of hydrogen-bond acceptors (Lipinski definition) is 4. The number of unbranched alkanes of at least 4 members (excludes halogenated alkanes) is 1. The van der Waals surface area contributed by atoms with E-state index in [4.69, 9.17) is 9.47 Å². The Hall–Kier alpha value is -1.55. The molecule has 1 heterocycles. The minimum absolute atomic E-state index is 0.170. The number of nitrogens with one attached hydrogen (secondary N) is 1. The molecule has 0 aliphatic carbocycles. The summed E-state index contributed by atoms with van der Waals surface area (Å²) in [5.74, 6) is -0.358. The average Bonchev–Trinajstić information content (AvgIpc) is 2.86. The number of hydrogen-bond donors (Lipinski definition) is 1. The van der Waals surface area contributed by atoms with Crippen molar-refractivity contribution in [3.05, 3.63) is 29.8 Å². The zero-order chi connectivity index (χ0) is 13.5. The number of carbonyl (C=O) groups is 1. The van der Waals surface area contributed by atoms with Crippen LogP contribution in [0.3, 0.4) is 0 Å². The molecule has 2 rings (SSSR count). The summed E-state index contributed by atoms with van der Waals surface area (Å²) in [4.78, 5) is 12.0. The molecule has 0 bridgehead atoms. The third-order valence-electron chi connectivity index (χ3n) is 3.23. The standard InChI is InChI=1S/C15H21NO3/c1-2-3-8-18-9-10-19-15(17)13-11-16-14-7-5-4-6-12(13)14/h4-7,13,16H,2-3,8-11H2,1H3. The molecule has 1 unspecified atom stereocenters.